The van der Waals surface area contributed by atoms with Crippen molar-refractivity contribution in [2.75, 3.05) is 0 Å². The van der Waals surface area contributed by atoms with Crippen LogP contribution in [0.3, 0.4) is 0 Å². The molecular formula is C20H17NO. The van der Waals surface area contributed by atoms with Gasteiger partial charge in [0.15, 0.2) is 5.78 Å². The van der Waals surface area contributed by atoms with Crippen LogP contribution < -0.4 is 0 Å². The number of benzene rings is 2. The van der Waals surface area contributed by atoms with Gasteiger partial charge in [-0.05, 0) is 5.56 Å². The topological polar surface area (TPSA) is 22.0 Å². The molecule has 108 valence electrons. The maximum atomic E-state index is 12.6. The van der Waals surface area contributed by atoms with Gasteiger partial charge >= 0.3 is 0 Å². The maximum Gasteiger partial charge on any atom is 0.195 e. The molecule has 0 spiro atoms. The summed E-state index contributed by atoms with van der Waals surface area (Å²) in [5.74, 6) is 0.0499. The van der Waals surface area contributed by atoms with Crippen molar-refractivity contribution >= 4 is 17.9 Å². The number of hydrogen-bond donors (Lipinski definition) is 0. The molecule has 0 amide bonds. The Morgan fingerprint density at radius 3 is 2.18 bits per heavy atom. The molecule has 3 aromatic rings. The fourth-order valence-electron chi connectivity index (χ4n) is 2.42. The Bertz CT molecular complexity index is 798. The van der Waals surface area contributed by atoms with Crippen molar-refractivity contribution in [2.24, 2.45) is 7.05 Å². The van der Waals surface area contributed by atoms with E-state index in [-0.39, 0.29) is 5.78 Å². The van der Waals surface area contributed by atoms with Crippen molar-refractivity contribution in [3.63, 3.8) is 0 Å². The lowest BCUT2D eigenvalue weighted by atomic mass is 10.0. The molecule has 2 nitrogen and oxygen atoms in total. The Kier molecular flexibility index (Phi) is 4.01. The number of carbonyl (C=O) groups excluding carboxylic acids is 1. The third-order valence-corrected chi connectivity index (χ3v) is 3.52. The Hall–Kier alpha value is -2.87. The molecule has 0 aliphatic heterocycles. The van der Waals surface area contributed by atoms with E-state index in [0.717, 1.165) is 16.7 Å². The first-order chi connectivity index (χ1) is 10.7. The molecule has 0 aliphatic rings. The van der Waals surface area contributed by atoms with Gasteiger partial charge in [-0.1, -0.05) is 72.8 Å². The normalized spacial score (nSPS) is 11.0. The highest BCUT2D eigenvalue weighted by atomic mass is 16.1. The van der Waals surface area contributed by atoms with Gasteiger partial charge in [-0.25, -0.2) is 0 Å². The van der Waals surface area contributed by atoms with E-state index in [9.17, 15) is 4.79 Å². The number of rotatable bonds is 4. The van der Waals surface area contributed by atoms with Crippen LogP contribution in [0.5, 0.6) is 0 Å². The van der Waals surface area contributed by atoms with Crippen LogP contribution in [-0.2, 0) is 7.05 Å². The van der Waals surface area contributed by atoms with E-state index in [0.29, 0.717) is 5.56 Å². The number of hydrogen-bond acceptors (Lipinski definition) is 1. The second-order valence-corrected chi connectivity index (χ2v) is 5.23. The lowest BCUT2D eigenvalue weighted by Crippen LogP contribution is -2.01. The van der Waals surface area contributed by atoms with Crippen molar-refractivity contribution in [3.05, 3.63) is 95.3 Å². The average Bonchev–Trinajstić information content (AvgIpc) is 2.95. The zero-order chi connectivity index (χ0) is 15.4. The Morgan fingerprint density at radius 1 is 0.864 bits per heavy atom. The number of ketones is 1. The third kappa shape index (κ3) is 3.07. The van der Waals surface area contributed by atoms with Gasteiger partial charge in [0.1, 0.15) is 0 Å². The highest BCUT2D eigenvalue weighted by molar-refractivity contribution is 6.11. The third-order valence-electron chi connectivity index (χ3n) is 3.52. The summed E-state index contributed by atoms with van der Waals surface area (Å²) in [4.78, 5) is 12.6. The molecule has 3 rings (SSSR count). The minimum Gasteiger partial charge on any atom is -0.356 e. The second kappa shape index (κ2) is 6.27. The molecule has 22 heavy (non-hydrogen) atoms. The van der Waals surface area contributed by atoms with Crippen LogP contribution in [0.15, 0.2) is 73.1 Å². The minimum atomic E-state index is 0.0499. The molecule has 0 radical (unpaired) electrons. The Morgan fingerprint density at radius 2 is 1.50 bits per heavy atom. The highest BCUT2D eigenvalue weighted by Gasteiger charge is 2.13. The smallest absolute Gasteiger partial charge is 0.195 e. The molecule has 0 saturated heterocycles. The molecule has 0 saturated carbocycles. The zero-order valence-corrected chi connectivity index (χ0v) is 12.4. The monoisotopic (exact) mass is 287 g/mol. The summed E-state index contributed by atoms with van der Waals surface area (Å²) >= 11 is 0. The fraction of sp³-hybridized carbons (Fsp3) is 0.0500. The van der Waals surface area contributed by atoms with Gasteiger partial charge in [-0.2, -0.15) is 0 Å². The summed E-state index contributed by atoms with van der Waals surface area (Å²) in [5, 5.41) is 0. The van der Waals surface area contributed by atoms with Crippen LogP contribution in [0.1, 0.15) is 27.0 Å². The summed E-state index contributed by atoms with van der Waals surface area (Å²) in [7, 11) is 1.93. The number of aryl methyl sites for hydroxylation is 1. The van der Waals surface area contributed by atoms with Gasteiger partial charge in [0.2, 0.25) is 0 Å². The SMILES string of the molecule is Cn1cc(/C=C/c2ccccc2)c(C(=O)c2ccccc2)c1. The maximum absolute atomic E-state index is 12.6. The van der Waals surface area contributed by atoms with Gasteiger partial charge in [-0.3, -0.25) is 4.79 Å². The van der Waals surface area contributed by atoms with Crippen molar-refractivity contribution in [1.82, 2.24) is 4.57 Å². The van der Waals surface area contributed by atoms with Crippen molar-refractivity contribution in [1.29, 1.82) is 0 Å². The fourth-order valence-corrected chi connectivity index (χ4v) is 2.42. The number of nitrogens with zero attached hydrogens (tertiary/aromatic N) is 1. The molecule has 0 unspecified atom stereocenters. The first-order valence-electron chi connectivity index (χ1n) is 7.23. The molecule has 1 aromatic heterocycles. The summed E-state index contributed by atoms with van der Waals surface area (Å²) < 4.78 is 1.92. The van der Waals surface area contributed by atoms with E-state index in [2.05, 4.69) is 0 Å². The van der Waals surface area contributed by atoms with Crippen molar-refractivity contribution in [3.8, 4) is 0 Å². The molecule has 2 aromatic carbocycles. The van der Waals surface area contributed by atoms with Gasteiger partial charge in [-0.15, -0.1) is 0 Å². The van der Waals surface area contributed by atoms with E-state index in [1.165, 1.54) is 0 Å². The summed E-state index contributed by atoms with van der Waals surface area (Å²) in [6.45, 7) is 0. The molecule has 0 aliphatic carbocycles. The molecule has 2 heteroatoms. The Balaban J connectivity index is 1.94. The predicted molar refractivity (Wildman–Crippen MR) is 90.7 cm³/mol. The Labute approximate surface area is 130 Å². The number of carbonyl (C=O) groups is 1. The molecule has 0 atom stereocenters. The standard InChI is InChI=1S/C20H17NO/c1-21-14-18(13-12-16-8-4-2-5-9-16)19(15-21)20(22)17-10-6-3-7-11-17/h2-15H,1H3/b13-12+. The van der Waals surface area contributed by atoms with Crippen LogP contribution in [0.25, 0.3) is 12.2 Å². The van der Waals surface area contributed by atoms with Crippen LogP contribution in [-0.4, -0.2) is 10.4 Å². The van der Waals surface area contributed by atoms with Crippen molar-refractivity contribution in [2.45, 2.75) is 0 Å². The molecular weight excluding hydrogens is 270 g/mol. The van der Waals surface area contributed by atoms with E-state index in [1.54, 1.807) is 0 Å². The first-order valence-corrected chi connectivity index (χ1v) is 7.23. The van der Waals surface area contributed by atoms with Gasteiger partial charge in [0.25, 0.3) is 0 Å². The van der Waals surface area contributed by atoms with Gasteiger partial charge in [0.05, 0.1) is 0 Å². The summed E-state index contributed by atoms with van der Waals surface area (Å²) in [6.07, 6.45) is 7.86. The van der Waals surface area contributed by atoms with E-state index >= 15 is 0 Å². The second-order valence-electron chi connectivity index (χ2n) is 5.23. The number of aromatic nitrogens is 1. The largest absolute Gasteiger partial charge is 0.356 e. The van der Waals surface area contributed by atoms with E-state index in [1.807, 2.05) is 96.8 Å². The quantitative estimate of drug-likeness (QED) is 0.651. The first kappa shape index (κ1) is 14.1. The van der Waals surface area contributed by atoms with Gasteiger partial charge < -0.3 is 4.57 Å². The lowest BCUT2D eigenvalue weighted by molar-refractivity contribution is 0.103. The summed E-state index contributed by atoms with van der Waals surface area (Å²) in [5.41, 5.74) is 3.48. The van der Waals surface area contributed by atoms with E-state index in [4.69, 9.17) is 0 Å². The minimum absolute atomic E-state index is 0.0499. The van der Waals surface area contributed by atoms with Crippen LogP contribution in [0.2, 0.25) is 0 Å². The van der Waals surface area contributed by atoms with E-state index < -0.39 is 0 Å². The molecule has 0 bridgehead atoms. The molecule has 0 fully saturated rings. The average molecular weight is 287 g/mol. The lowest BCUT2D eigenvalue weighted by Gasteiger charge is -2.00. The van der Waals surface area contributed by atoms with Crippen LogP contribution >= 0.6 is 0 Å². The summed E-state index contributed by atoms with van der Waals surface area (Å²) in [6, 6.07) is 19.4. The van der Waals surface area contributed by atoms with Gasteiger partial charge in [0, 0.05) is 36.1 Å². The predicted octanol–water partition coefficient (Wildman–Crippen LogP) is 4.43. The zero-order valence-electron chi connectivity index (χ0n) is 12.4. The van der Waals surface area contributed by atoms with Crippen molar-refractivity contribution < 1.29 is 4.79 Å². The van der Waals surface area contributed by atoms with Crippen LogP contribution in [0, 0.1) is 0 Å². The highest BCUT2D eigenvalue weighted by Crippen LogP contribution is 2.18. The van der Waals surface area contributed by atoms with Crippen LogP contribution in [0.4, 0.5) is 0 Å². The molecule has 1 heterocycles. The molecule has 0 N–H and O–H groups in total.